The highest BCUT2D eigenvalue weighted by molar-refractivity contribution is 4.51. The molecule has 0 amide bonds. The fourth-order valence-electron chi connectivity index (χ4n) is 4.04. The Labute approximate surface area is 175 Å². The van der Waals surface area contributed by atoms with Crippen molar-refractivity contribution in [3.8, 4) is 0 Å². The molecule has 0 unspecified atom stereocenters. The van der Waals surface area contributed by atoms with E-state index in [0.29, 0.717) is 0 Å². The number of rotatable bonds is 23. The van der Waals surface area contributed by atoms with Crippen molar-refractivity contribution in [1.29, 1.82) is 0 Å². The lowest BCUT2D eigenvalue weighted by atomic mass is 10.0. The van der Waals surface area contributed by atoms with Gasteiger partial charge in [-0.1, -0.05) is 175 Å². The predicted octanol–water partition coefficient (Wildman–Crippen LogP) is 11.0. The molecule has 0 aromatic carbocycles. The van der Waals surface area contributed by atoms with Crippen molar-refractivity contribution in [3.05, 3.63) is 0 Å². The summed E-state index contributed by atoms with van der Waals surface area (Å²) < 4.78 is 0. The molecule has 0 atom stereocenters. The van der Waals surface area contributed by atoms with Crippen LogP contribution in [0.5, 0.6) is 0 Å². The number of hydrogen-bond acceptors (Lipinski definition) is 0. The minimum absolute atomic E-state index is 0. The van der Waals surface area contributed by atoms with E-state index in [0.717, 1.165) is 0 Å². The lowest BCUT2D eigenvalue weighted by Gasteiger charge is -2.04. The summed E-state index contributed by atoms with van der Waals surface area (Å²) in [5, 5.41) is 0. The quantitative estimate of drug-likeness (QED) is 0.154. The van der Waals surface area contributed by atoms with E-state index in [1.165, 1.54) is 154 Å². The van der Waals surface area contributed by atoms with E-state index in [4.69, 9.17) is 0 Å². The summed E-state index contributed by atoms with van der Waals surface area (Å²) in [6, 6.07) is 0. The van der Waals surface area contributed by atoms with Gasteiger partial charge in [0.15, 0.2) is 0 Å². The highest BCUT2D eigenvalue weighted by Crippen LogP contribution is 2.15. The molecule has 0 saturated heterocycles. The first-order chi connectivity index (χ1) is 12.9. The molecule has 0 aliphatic heterocycles. The second-order valence-corrected chi connectivity index (χ2v) is 8.78. The van der Waals surface area contributed by atoms with E-state index in [9.17, 15) is 0 Å². The van der Waals surface area contributed by atoms with E-state index in [1.54, 1.807) is 0 Å². The van der Waals surface area contributed by atoms with E-state index in [2.05, 4.69) is 13.8 Å². The van der Waals surface area contributed by atoms with Gasteiger partial charge in [0.05, 0.1) is 0 Å². The Bertz CT molecular complexity index is 196. The third kappa shape index (κ3) is 28.3. The van der Waals surface area contributed by atoms with Crippen molar-refractivity contribution >= 4 is 0 Å². The first kappa shape index (κ1) is 29.2. The van der Waals surface area contributed by atoms with Gasteiger partial charge in [-0.25, -0.2) is 0 Å². The monoisotopic (exact) mass is 382 g/mol. The van der Waals surface area contributed by atoms with Crippen molar-refractivity contribution in [1.82, 2.24) is 0 Å². The molecule has 0 spiro atoms. The molecular formula is C27H58. The van der Waals surface area contributed by atoms with E-state index < -0.39 is 0 Å². The summed E-state index contributed by atoms with van der Waals surface area (Å²) in [6.07, 6.45) is 35.4. The molecule has 0 fully saturated rings. The van der Waals surface area contributed by atoms with Crippen LogP contribution in [0.3, 0.4) is 0 Å². The second kappa shape index (κ2) is 28.2. The molecule has 0 heterocycles. The minimum Gasteiger partial charge on any atom is -0.0776 e. The van der Waals surface area contributed by atoms with Crippen LogP contribution >= 0.6 is 0 Å². The van der Waals surface area contributed by atoms with Gasteiger partial charge in [-0.15, -0.1) is 0 Å². The molecule has 0 N–H and O–H groups in total. The van der Waals surface area contributed by atoms with Crippen molar-refractivity contribution in [3.63, 3.8) is 0 Å². The Kier molecular flexibility index (Phi) is 30.5. The van der Waals surface area contributed by atoms with Gasteiger partial charge in [-0.05, 0) is 0 Å². The molecule has 0 aliphatic rings. The molecule has 0 rings (SSSR count). The van der Waals surface area contributed by atoms with E-state index >= 15 is 0 Å². The standard InChI is InChI=1S/C26H54.CH4/c1-3-5-7-9-11-13-15-17-19-21-23-25-26-24-22-20-18-16-14-12-10-8-6-4-2;/h3-26H2,1-2H3;1H4. The molecule has 0 radical (unpaired) electrons. The largest absolute Gasteiger partial charge is 0.0776 e. The smallest absolute Gasteiger partial charge is 0.0533 e. The average Bonchev–Trinajstić information content (AvgIpc) is 2.66. The van der Waals surface area contributed by atoms with Crippen molar-refractivity contribution in [2.24, 2.45) is 0 Å². The SMILES string of the molecule is C.CCCCCCCCCCCCCCCCCCCCCCCCCC. The minimum atomic E-state index is 0. The number of unbranched alkanes of at least 4 members (excludes halogenated alkanes) is 23. The van der Waals surface area contributed by atoms with Crippen LogP contribution in [0.25, 0.3) is 0 Å². The van der Waals surface area contributed by atoms with Crippen LogP contribution in [-0.2, 0) is 0 Å². The van der Waals surface area contributed by atoms with Gasteiger partial charge < -0.3 is 0 Å². The lowest BCUT2D eigenvalue weighted by Crippen LogP contribution is -1.84. The highest BCUT2D eigenvalue weighted by Gasteiger charge is 1.95. The molecule has 0 bridgehead atoms. The summed E-state index contributed by atoms with van der Waals surface area (Å²) in [6.45, 7) is 4.61. The van der Waals surface area contributed by atoms with E-state index in [1.807, 2.05) is 0 Å². The van der Waals surface area contributed by atoms with Crippen LogP contribution in [-0.4, -0.2) is 0 Å². The maximum Gasteiger partial charge on any atom is -0.0533 e. The zero-order valence-corrected chi connectivity index (χ0v) is 19.0. The topological polar surface area (TPSA) is 0 Å². The summed E-state index contributed by atoms with van der Waals surface area (Å²) in [4.78, 5) is 0. The third-order valence-corrected chi connectivity index (χ3v) is 5.96. The zero-order chi connectivity index (χ0) is 19.0. The normalized spacial score (nSPS) is 10.9. The summed E-state index contributed by atoms with van der Waals surface area (Å²) in [5.41, 5.74) is 0. The van der Waals surface area contributed by atoms with Gasteiger partial charge in [-0.3, -0.25) is 0 Å². The molecule has 0 saturated carbocycles. The van der Waals surface area contributed by atoms with Crippen molar-refractivity contribution in [2.75, 3.05) is 0 Å². The van der Waals surface area contributed by atoms with Crippen LogP contribution < -0.4 is 0 Å². The lowest BCUT2D eigenvalue weighted by molar-refractivity contribution is 0.518. The van der Waals surface area contributed by atoms with Crippen LogP contribution in [0.1, 0.15) is 175 Å². The molecule has 0 aliphatic carbocycles. The molecule has 0 heteroatoms. The van der Waals surface area contributed by atoms with E-state index in [-0.39, 0.29) is 7.43 Å². The molecule has 0 aromatic heterocycles. The molecular weight excluding hydrogens is 324 g/mol. The fraction of sp³-hybridized carbons (Fsp3) is 1.00. The van der Waals surface area contributed by atoms with Crippen molar-refractivity contribution in [2.45, 2.75) is 175 Å². The van der Waals surface area contributed by atoms with Gasteiger partial charge in [0.1, 0.15) is 0 Å². The summed E-state index contributed by atoms with van der Waals surface area (Å²) in [5.74, 6) is 0. The third-order valence-electron chi connectivity index (χ3n) is 5.96. The Morgan fingerprint density at radius 3 is 0.444 bits per heavy atom. The van der Waals surface area contributed by atoms with Gasteiger partial charge in [0.25, 0.3) is 0 Å². The maximum atomic E-state index is 2.30. The summed E-state index contributed by atoms with van der Waals surface area (Å²) >= 11 is 0. The molecule has 0 aromatic rings. The van der Waals surface area contributed by atoms with Gasteiger partial charge in [0, 0.05) is 0 Å². The molecule has 27 heavy (non-hydrogen) atoms. The first-order valence-electron chi connectivity index (χ1n) is 12.9. The second-order valence-electron chi connectivity index (χ2n) is 8.78. The fourth-order valence-corrected chi connectivity index (χ4v) is 4.04. The molecule has 0 nitrogen and oxygen atoms in total. The number of hydrogen-bond donors (Lipinski definition) is 0. The maximum absolute atomic E-state index is 2.30. The van der Waals surface area contributed by atoms with Gasteiger partial charge in [0.2, 0.25) is 0 Å². The average molecular weight is 383 g/mol. The van der Waals surface area contributed by atoms with Crippen LogP contribution in [0.15, 0.2) is 0 Å². The summed E-state index contributed by atoms with van der Waals surface area (Å²) in [7, 11) is 0. The Morgan fingerprint density at radius 2 is 0.333 bits per heavy atom. The van der Waals surface area contributed by atoms with Crippen LogP contribution in [0.4, 0.5) is 0 Å². The van der Waals surface area contributed by atoms with Gasteiger partial charge in [-0.2, -0.15) is 0 Å². The first-order valence-corrected chi connectivity index (χ1v) is 12.9. The predicted molar refractivity (Wildman–Crippen MR) is 129 cm³/mol. The highest BCUT2D eigenvalue weighted by atomic mass is 14.0. The Hall–Kier alpha value is 0. The zero-order valence-electron chi connectivity index (χ0n) is 19.0. The van der Waals surface area contributed by atoms with Gasteiger partial charge >= 0.3 is 0 Å². The van der Waals surface area contributed by atoms with Crippen LogP contribution in [0, 0.1) is 0 Å². The van der Waals surface area contributed by atoms with Crippen molar-refractivity contribution < 1.29 is 0 Å². The Balaban J connectivity index is 0. The van der Waals surface area contributed by atoms with Crippen LogP contribution in [0.2, 0.25) is 0 Å². The molecule has 166 valence electrons. The Morgan fingerprint density at radius 1 is 0.222 bits per heavy atom.